The fourth-order valence-electron chi connectivity index (χ4n) is 3.16. The van der Waals surface area contributed by atoms with Crippen molar-refractivity contribution in [1.29, 1.82) is 0 Å². The molecule has 34 heavy (non-hydrogen) atoms. The third-order valence-electron chi connectivity index (χ3n) is 4.95. The maximum absolute atomic E-state index is 13.2. The molecule has 0 aliphatic carbocycles. The van der Waals surface area contributed by atoms with Crippen LogP contribution in [0.2, 0.25) is 0 Å². The molecule has 0 unspecified atom stereocenters. The molecule has 2 amide bonds. The number of benzene rings is 3. The Bertz CT molecular complexity index is 1250. The molecule has 0 radical (unpaired) electrons. The molecule has 0 aromatic heterocycles. The lowest BCUT2D eigenvalue weighted by Gasteiger charge is -2.13. The fraction of sp³-hybridized carbons (Fsp3) is 0.120. The highest BCUT2D eigenvalue weighted by molar-refractivity contribution is 6.11. The first-order chi connectivity index (χ1) is 16.3. The molecule has 3 rings (SSSR count). The van der Waals surface area contributed by atoms with Gasteiger partial charge in [-0.15, -0.1) is 0 Å². The van der Waals surface area contributed by atoms with Gasteiger partial charge in [-0.2, -0.15) is 0 Å². The van der Waals surface area contributed by atoms with Gasteiger partial charge in [0.25, 0.3) is 17.5 Å². The molecule has 0 saturated heterocycles. The van der Waals surface area contributed by atoms with Crippen molar-refractivity contribution in [2.24, 2.45) is 0 Å². The number of ether oxygens (including phenoxy) is 2. The molecule has 0 saturated carbocycles. The van der Waals surface area contributed by atoms with Crippen LogP contribution in [0.25, 0.3) is 6.08 Å². The minimum Gasteiger partial charge on any atom is -0.493 e. The number of methoxy groups -OCH3 is 2. The molecule has 3 aromatic rings. The van der Waals surface area contributed by atoms with Crippen LogP contribution < -0.4 is 20.1 Å². The van der Waals surface area contributed by atoms with Crippen LogP contribution in [0.3, 0.4) is 0 Å². The van der Waals surface area contributed by atoms with Crippen LogP contribution in [0.15, 0.2) is 72.4 Å². The number of nitrogens with zero attached hydrogens (tertiary/aromatic N) is 1. The van der Waals surface area contributed by atoms with Crippen molar-refractivity contribution in [1.82, 2.24) is 5.32 Å². The Morgan fingerprint density at radius 1 is 0.941 bits per heavy atom. The van der Waals surface area contributed by atoms with Crippen LogP contribution in [-0.4, -0.2) is 31.0 Å². The zero-order valence-electron chi connectivity index (χ0n) is 18.8. The number of hydrogen-bond donors (Lipinski definition) is 2. The number of aryl methyl sites for hydroxylation is 1. The van der Waals surface area contributed by atoms with E-state index < -0.39 is 16.7 Å². The lowest BCUT2D eigenvalue weighted by Crippen LogP contribution is -2.31. The molecule has 0 spiro atoms. The van der Waals surface area contributed by atoms with Crippen molar-refractivity contribution in [3.63, 3.8) is 0 Å². The number of hydrogen-bond acceptors (Lipinski definition) is 6. The third kappa shape index (κ3) is 5.57. The molecule has 0 aliphatic rings. The molecule has 0 fully saturated rings. The Labute approximate surface area is 196 Å². The Hall–Kier alpha value is -4.66. The average molecular weight is 461 g/mol. The lowest BCUT2D eigenvalue weighted by molar-refractivity contribution is -0.385. The molecule has 0 aliphatic heterocycles. The Kier molecular flexibility index (Phi) is 7.60. The zero-order chi connectivity index (χ0) is 24.7. The number of rotatable bonds is 8. The normalized spacial score (nSPS) is 10.9. The SMILES string of the molecule is COc1cc(/C=C(\NC(=O)c2ccccc2)C(=O)Nc2ccccc2C)c([N+](=O)[O-])cc1OC. The largest absolute Gasteiger partial charge is 0.493 e. The van der Waals surface area contributed by atoms with Crippen molar-refractivity contribution in [2.75, 3.05) is 19.5 Å². The second kappa shape index (κ2) is 10.8. The van der Waals surface area contributed by atoms with Crippen molar-refractivity contribution < 1.29 is 24.0 Å². The number of amides is 2. The van der Waals surface area contributed by atoms with Gasteiger partial charge < -0.3 is 20.1 Å². The molecular formula is C25H23N3O6. The van der Waals surface area contributed by atoms with Crippen LogP contribution in [-0.2, 0) is 4.79 Å². The van der Waals surface area contributed by atoms with E-state index in [0.29, 0.717) is 11.3 Å². The summed E-state index contributed by atoms with van der Waals surface area (Å²) < 4.78 is 10.4. The first-order valence-electron chi connectivity index (χ1n) is 10.2. The summed E-state index contributed by atoms with van der Waals surface area (Å²) in [6.07, 6.45) is 1.23. The zero-order valence-corrected chi connectivity index (χ0v) is 18.8. The van der Waals surface area contributed by atoms with Crippen molar-refractivity contribution in [3.05, 3.63) is 99.2 Å². The summed E-state index contributed by atoms with van der Waals surface area (Å²) in [5.74, 6) is -0.810. The summed E-state index contributed by atoms with van der Waals surface area (Å²) in [5.41, 5.74) is 1.20. The van der Waals surface area contributed by atoms with E-state index in [1.54, 1.807) is 42.5 Å². The Morgan fingerprint density at radius 2 is 1.56 bits per heavy atom. The summed E-state index contributed by atoms with van der Waals surface area (Å²) in [6.45, 7) is 1.82. The van der Waals surface area contributed by atoms with Gasteiger partial charge >= 0.3 is 0 Å². The number of nitro groups is 1. The van der Waals surface area contributed by atoms with Gasteiger partial charge in [0, 0.05) is 11.3 Å². The van der Waals surface area contributed by atoms with E-state index in [9.17, 15) is 19.7 Å². The minimum atomic E-state index is -0.650. The standard InChI is InChI=1S/C25H23N3O6/c1-16-9-7-8-12-19(16)26-25(30)20(27-24(29)17-10-5-4-6-11-17)13-18-14-22(33-2)23(34-3)15-21(18)28(31)32/h4-15H,1-3H3,(H,26,30)(H,27,29)/b20-13-. The Morgan fingerprint density at radius 3 is 2.18 bits per heavy atom. The van der Waals surface area contributed by atoms with Crippen LogP contribution in [0, 0.1) is 17.0 Å². The van der Waals surface area contributed by atoms with Crippen LogP contribution in [0.5, 0.6) is 11.5 Å². The summed E-state index contributed by atoms with van der Waals surface area (Å²) in [7, 11) is 2.75. The maximum atomic E-state index is 13.2. The van der Waals surface area contributed by atoms with Crippen LogP contribution in [0.4, 0.5) is 11.4 Å². The predicted octanol–water partition coefficient (Wildman–Crippen LogP) is 4.33. The van der Waals surface area contributed by atoms with Gasteiger partial charge in [0.2, 0.25) is 0 Å². The van der Waals surface area contributed by atoms with Gasteiger partial charge in [-0.05, 0) is 42.8 Å². The third-order valence-corrected chi connectivity index (χ3v) is 4.95. The predicted molar refractivity (Wildman–Crippen MR) is 128 cm³/mol. The fourth-order valence-corrected chi connectivity index (χ4v) is 3.16. The topological polar surface area (TPSA) is 120 Å². The van der Waals surface area contributed by atoms with Gasteiger partial charge in [-0.3, -0.25) is 19.7 Å². The number of anilines is 1. The highest BCUT2D eigenvalue weighted by Gasteiger charge is 2.22. The first kappa shape index (κ1) is 24.0. The molecule has 0 atom stereocenters. The number of para-hydroxylation sites is 1. The smallest absolute Gasteiger partial charge is 0.280 e. The van der Waals surface area contributed by atoms with Crippen molar-refractivity contribution in [3.8, 4) is 11.5 Å². The van der Waals surface area contributed by atoms with Gasteiger partial charge in [0.05, 0.1) is 30.8 Å². The molecule has 0 heterocycles. The highest BCUT2D eigenvalue weighted by atomic mass is 16.6. The summed E-state index contributed by atoms with van der Waals surface area (Å²) >= 11 is 0. The summed E-state index contributed by atoms with van der Waals surface area (Å²) in [6, 6.07) is 18.0. The van der Waals surface area contributed by atoms with E-state index >= 15 is 0 Å². The monoisotopic (exact) mass is 461 g/mol. The van der Waals surface area contributed by atoms with Crippen LogP contribution in [0.1, 0.15) is 21.5 Å². The van der Waals surface area contributed by atoms with Crippen molar-refractivity contribution >= 4 is 29.3 Å². The molecule has 2 N–H and O–H groups in total. The second-order valence-electron chi connectivity index (χ2n) is 7.17. The van der Waals surface area contributed by atoms with Gasteiger partial charge in [-0.1, -0.05) is 36.4 Å². The summed E-state index contributed by atoms with van der Waals surface area (Å²) in [4.78, 5) is 37.1. The first-order valence-corrected chi connectivity index (χ1v) is 10.2. The number of nitro benzene ring substituents is 1. The molecule has 9 nitrogen and oxygen atoms in total. The quantitative estimate of drug-likeness (QED) is 0.293. The van der Waals surface area contributed by atoms with Crippen molar-refractivity contribution in [2.45, 2.75) is 6.92 Å². The molecule has 0 bridgehead atoms. The number of carbonyl (C=O) groups is 2. The van der Waals surface area contributed by atoms with E-state index in [-0.39, 0.29) is 28.4 Å². The van der Waals surface area contributed by atoms with E-state index in [1.807, 2.05) is 19.1 Å². The lowest BCUT2D eigenvalue weighted by atomic mass is 10.1. The maximum Gasteiger partial charge on any atom is 0.280 e. The van der Waals surface area contributed by atoms with E-state index in [2.05, 4.69) is 10.6 Å². The number of nitrogens with one attached hydrogen (secondary N) is 2. The molecular weight excluding hydrogens is 438 g/mol. The van der Waals surface area contributed by atoms with E-state index in [0.717, 1.165) is 5.56 Å². The van der Waals surface area contributed by atoms with Gasteiger partial charge in [-0.25, -0.2) is 0 Å². The second-order valence-corrected chi connectivity index (χ2v) is 7.17. The molecule has 9 heteroatoms. The highest BCUT2D eigenvalue weighted by Crippen LogP contribution is 2.35. The summed E-state index contributed by atoms with van der Waals surface area (Å²) in [5, 5.41) is 17.0. The minimum absolute atomic E-state index is 0.0472. The van der Waals surface area contributed by atoms with E-state index in [4.69, 9.17) is 9.47 Å². The van der Waals surface area contributed by atoms with Gasteiger partial charge in [0.15, 0.2) is 11.5 Å². The average Bonchev–Trinajstić information content (AvgIpc) is 2.84. The molecule has 174 valence electrons. The Balaban J connectivity index is 2.09. The number of carbonyl (C=O) groups excluding carboxylic acids is 2. The molecule has 3 aromatic carbocycles. The van der Waals surface area contributed by atoms with Crippen LogP contribution >= 0.6 is 0 Å². The van der Waals surface area contributed by atoms with Gasteiger partial charge in [0.1, 0.15) is 5.70 Å². The van der Waals surface area contributed by atoms with E-state index in [1.165, 1.54) is 32.4 Å².